The third kappa shape index (κ3) is 5.81. The Morgan fingerprint density at radius 3 is 2.56 bits per heavy atom. The van der Waals surface area contributed by atoms with Gasteiger partial charge in [-0.2, -0.15) is 0 Å². The lowest BCUT2D eigenvalue weighted by Gasteiger charge is -2.35. The Labute approximate surface area is 267 Å². The molecule has 1 saturated heterocycles. The van der Waals surface area contributed by atoms with E-state index in [1.54, 1.807) is 18.3 Å². The van der Waals surface area contributed by atoms with Crippen molar-refractivity contribution in [3.63, 3.8) is 0 Å². The third-order valence-corrected chi connectivity index (χ3v) is 9.41. The molecule has 0 amide bonds. The van der Waals surface area contributed by atoms with Crippen LogP contribution in [0.5, 0.6) is 5.75 Å². The summed E-state index contributed by atoms with van der Waals surface area (Å²) in [5.41, 5.74) is 5.30. The lowest BCUT2D eigenvalue weighted by Crippen LogP contribution is -2.45. The first-order valence-electron chi connectivity index (χ1n) is 15.5. The number of pyridine rings is 1. The number of carbonyl (C=O) groups is 1. The van der Waals surface area contributed by atoms with E-state index in [4.69, 9.17) is 24.2 Å². The Balaban J connectivity index is 1.59. The lowest BCUT2D eigenvalue weighted by molar-refractivity contribution is -0.160. The summed E-state index contributed by atoms with van der Waals surface area (Å²) in [6, 6.07) is 3.47. The maximum atomic E-state index is 15.7. The zero-order chi connectivity index (χ0) is 32.4. The van der Waals surface area contributed by atoms with Crippen LogP contribution in [0.2, 0.25) is 0 Å². The SMILES string of the molecule is Cc1nc2c(cc(-c3csc(N4C[C@@H](C)O[C@@H](C)C4)n3)n2C)c(-c2cc(F)c3c(c2C)CCCO3)c1[C@H](OC(C)(C)C)C(=O)O. The van der Waals surface area contributed by atoms with Crippen LogP contribution < -0.4 is 9.64 Å². The van der Waals surface area contributed by atoms with Crippen LogP contribution in [0, 0.1) is 19.7 Å². The summed E-state index contributed by atoms with van der Waals surface area (Å²) in [5.74, 6) is -1.32. The maximum Gasteiger partial charge on any atom is 0.337 e. The number of nitrogens with zero attached hydrogens (tertiary/aromatic N) is 4. The summed E-state index contributed by atoms with van der Waals surface area (Å²) < 4.78 is 35.5. The molecule has 240 valence electrons. The van der Waals surface area contributed by atoms with Gasteiger partial charge in [0.25, 0.3) is 0 Å². The van der Waals surface area contributed by atoms with Gasteiger partial charge >= 0.3 is 5.97 Å². The largest absolute Gasteiger partial charge is 0.490 e. The molecule has 6 rings (SSSR count). The number of thiazole rings is 1. The number of carboxylic acids is 1. The fourth-order valence-corrected chi connectivity index (χ4v) is 7.52. The minimum Gasteiger partial charge on any atom is -0.490 e. The number of halogens is 1. The zero-order valence-corrected chi connectivity index (χ0v) is 28.0. The fourth-order valence-electron chi connectivity index (χ4n) is 6.68. The molecule has 3 atom stereocenters. The van der Waals surface area contributed by atoms with Gasteiger partial charge in [-0.3, -0.25) is 0 Å². The molecule has 0 spiro atoms. The van der Waals surface area contributed by atoms with Crippen LogP contribution in [-0.2, 0) is 27.7 Å². The number of morpholine rings is 1. The number of benzene rings is 1. The zero-order valence-electron chi connectivity index (χ0n) is 27.2. The average molecular weight is 637 g/mol. The smallest absolute Gasteiger partial charge is 0.337 e. The van der Waals surface area contributed by atoms with Crippen LogP contribution >= 0.6 is 11.3 Å². The standard InChI is InChI=1S/C34H41FN4O5S/c1-17-14-39(15-18(2)43-17)33-37-25(16-45-33)26-13-23-28(22-12-24(35)29-21(19(22)3)10-9-11-42-29)27(20(4)36-31(23)38(26)8)30(32(40)41)44-34(5,6)7/h12-13,16-18,30H,9-11,14-15H2,1-8H3,(H,40,41)/t17-,18+,30-/m0/s1. The van der Waals surface area contributed by atoms with Gasteiger partial charge in [0.1, 0.15) is 11.3 Å². The Morgan fingerprint density at radius 2 is 1.89 bits per heavy atom. The number of carboxylic acid groups (broad SMARTS) is 1. The van der Waals surface area contributed by atoms with Gasteiger partial charge < -0.3 is 28.8 Å². The summed E-state index contributed by atoms with van der Waals surface area (Å²) in [5, 5.41) is 14.2. The van der Waals surface area contributed by atoms with Gasteiger partial charge in [-0.05, 0) is 84.6 Å². The molecule has 1 fully saturated rings. The van der Waals surface area contributed by atoms with Crippen LogP contribution in [0.4, 0.5) is 9.52 Å². The van der Waals surface area contributed by atoms with Crippen LogP contribution in [0.15, 0.2) is 17.5 Å². The summed E-state index contributed by atoms with van der Waals surface area (Å²) in [6.45, 7) is 15.3. The quantitative estimate of drug-likeness (QED) is 0.242. The van der Waals surface area contributed by atoms with Gasteiger partial charge in [-0.25, -0.2) is 19.2 Å². The highest BCUT2D eigenvalue weighted by atomic mass is 32.1. The van der Waals surface area contributed by atoms with E-state index in [9.17, 15) is 9.90 Å². The van der Waals surface area contributed by atoms with Crippen molar-refractivity contribution in [1.29, 1.82) is 0 Å². The van der Waals surface area contributed by atoms with Crippen molar-refractivity contribution in [3.05, 3.63) is 45.7 Å². The molecule has 2 aliphatic rings. The van der Waals surface area contributed by atoms with Crippen molar-refractivity contribution in [1.82, 2.24) is 14.5 Å². The van der Waals surface area contributed by atoms with Gasteiger partial charge in [0.15, 0.2) is 22.8 Å². The van der Waals surface area contributed by atoms with Gasteiger partial charge in [-0.1, -0.05) is 0 Å². The van der Waals surface area contributed by atoms with E-state index in [0.717, 1.165) is 47.2 Å². The van der Waals surface area contributed by atoms with E-state index < -0.39 is 23.5 Å². The topological polar surface area (TPSA) is 98.9 Å². The Morgan fingerprint density at radius 1 is 1.18 bits per heavy atom. The number of aliphatic carboxylic acids is 1. The number of anilines is 1. The van der Waals surface area contributed by atoms with Crippen molar-refractivity contribution in [2.75, 3.05) is 24.6 Å². The van der Waals surface area contributed by atoms with Crippen molar-refractivity contribution in [2.24, 2.45) is 7.05 Å². The molecule has 1 N–H and O–H groups in total. The first-order valence-corrected chi connectivity index (χ1v) is 16.3. The molecule has 0 aliphatic carbocycles. The number of hydrogen-bond donors (Lipinski definition) is 1. The van der Waals surface area contributed by atoms with E-state index in [2.05, 4.69) is 18.7 Å². The molecule has 4 aromatic rings. The van der Waals surface area contributed by atoms with Gasteiger partial charge in [0.2, 0.25) is 0 Å². The Bertz CT molecular complexity index is 1780. The minimum absolute atomic E-state index is 0.107. The summed E-state index contributed by atoms with van der Waals surface area (Å²) >= 11 is 1.58. The Hall–Kier alpha value is -3.54. The number of ether oxygens (including phenoxy) is 3. The van der Waals surface area contributed by atoms with Crippen LogP contribution in [0.25, 0.3) is 33.5 Å². The molecule has 11 heteroatoms. The second kappa shape index (κ2) is 11.7. The van der Waals surface area contributed by atoms with Gasteiger partial charge in [0, 0.05) is 53.3 Å². The number of hydrogen-bond acceptors (Lipinski definition) is 8. The predicted octanol–water partition coefficient (Wildman–Crippen LogP) is 7.00. The van der Waals surface area contributed by atoms with Crippen molar-refractivity contribution in [2.45, 2.75) is 85.2 Å². The fraction of sp³-hybridized carbons (Fsp3) is 0.500. The van der Waals surface area contributed by atoms with E-state index in [0.29, 0.717) is 46.4 Å². The monoisotopic (exact) mass is 636 g/mol. The molecule has 3 aromatic heterocycles. The maximum absolute atomic E-state index is 15.7. The first-order chi connectivity index (χ1) is 21.2. The molecule has 0 saturated carbocycles. The molecule has 0 bridgehead atoms. The van der Waals surface area contributed by atoms with Crippen LogP contribution in [0.1, 0.15) is 69.5 Å². The molecule has 2 aliphatic heterocycles. The Kier molecular flexibility index (Phi) is 8.16. The molecule has 45 heavy (non-hydrogen) atoms. The number of fused-ring (bicyclic) bond motifs is 2. The molecule has 9 nitrogen and oxygen atoms in total. The number of aromatic nitrogens is 3. The van der Waals surface area contributed by atoms with Crippen molar-refractivity contribution in [3.8, 4) is 28.3 Å². The lowest BCUT2D eigenvalue weighted by atomic mass is 9.86. The highest BCUT2D eigenvalue weighted by Gasteiger charge is 2.35. The van der Waals surface area contributed by atoms with Gasteiger partial charge in [-0.15, -0.1) is 11.3 Å². The normalized spacial score (nSPS) is 19.4. The highest BCUT2D eigenvalue weighted by Crippen LogP contribution is 2.45. The molecular formula is C34H41FN4O5S. The second-order valence-electron chi connectivity index (χ2n) is 13.2. The first kappa shape index (κ1) is 31.4. The second-order valence-corrected chi connectivity index (χ2v) is 14.1. The molecule has 0 radical (unpaired) electrons. The third-order valence-electron chi connectivity index (χ3n) is 8.51. The van der Waals surface area contributed by atoms with Crippen molar-refractivity contribution >= 4 is 33.5 Å². The molecular weight excluding hydrogens is 595 g/mol. The van der Waals surface area contributed by atoms with Crippen molar-refractivity contribution < 1.29 is 28.5 Å². The highest BCUT2D eigenvalue weighted by molar-refractivity contribution is 7.14. The predicted molar refractivity (Wildman–Crippen MR) is 174 cm³/mol. The van der Waals surface area contributed by atoms with E-state index in [1.807, 2.05) is 50.8 Å². The van der Waals surface area contributed by atoms with Crippen LogP contribution in [-0.4, -0.2) is 63.1 Å². The molecule has 1 aromatic carbocycles. The average Bonchev–Trinajstić information content (AvgIpc) is 3.57. The molecule has 0 unspecified atom stereocenters. The number of rotatable bonds is 6. The summed E-state index contributed by atoms with van der Waals surface area (Å²) in [4.78, 5) is 25.1. The minimum atomic E-state index is -1.33. The summed E-state index contributed by atoms with van der Waals surface area (Å²) in [7, 11) is 1.93. The summed E-state index contributed by atoms with van der Waals surface area (Å²) in [6.07, 6.45) is 0.341. The van der Waals surface area contributed by atoms with E-state index in [1.165, 1.54) is 6.07 Å². The molecule has 5 heterocycles. The van der Waals surface area contributed by atoms with Gasteiger partial charge in [0.05, 0.1) is 30.1 Å². The van der Waals surface area contributed by atoms with E-state index in [-0.39, 0.29) is 18.0 Å². The van der Waals surface area contributed by atoms with Crippen LogP contribution in [0.3, 0.4) is 0 Å². The number of aryl methyl sites for hydroxylation is 2. The van der Waals surface area contributed by atoms with E-state index >= 15 is 4.39 Å².